The molecule has 1 aliphatic rings. The van der Waals surface area contributed by atoms with Crippen LogP contribution in [-0.2, 0) is 6.18 Å². The molecule has 0 aliphatic carbocycles. The molecule has 1 aliphatic heterocycles. The first kappa shape index (κ1) is 27.1. The number of rotatable bonds is 6. The Morgan fingerprint density at radius 3 is 2.05 bits per heavy atom. The predicted molar refractivity (Wildman–Crippen MR) is 143 cm³/mol. The third-order valence-electron chi connectivity index (χ3n) is 6.56. The second kappa shape index (κ2) is 10.4. The number of ether oxygens (including phenoxy) is 2. The van der Waals surface area contributed by atoms with Crippen LogP contribution in [0.25, 0.3) is 11.0 Å². The van der Waals surface area contributed by atoms with E-state index in [1.807, 2.05) is 0 Å². The molecule has 0 bridgehead atoms. The van der Waals surface area contributed by atoms with Crippen molar-refractivity contribution >= 4 is 28.4 Å². The number of fused-ring (bicyclic) bond motifs is 1. The van der Waals surface area contributed by atoms with Crippen LogP contribution in [0.15, 0.2) is 91.3 Å². The van der Waals surface area contributed by atoms with Gasteiger partial charge in [0.05, 0.1) is 5.39 Å². The van der Waals surface area contributed by atoms with E-state index in [-0.39, 0.29) is 17.1 Å². The number of pyridine rings is 1. The number of aliphatic hydroxyl groups excluding tert-OH is 2. The highest BCUT2D eigenvalue weighted by Gasteiger charge is 2.47. The topological polar surface area (TPSA) is 111 Å². The maximum Gasteiger partial charge on any atom is 0.420 e. The lowest BCUT2D eigenvalue weighted by atomic mass is 10.1. The highest BCUT2D eigenvalue weighted by atomic mass is 19.4. The van der Waals surface area contributed by atoms with Gasteiger partial charge in [-0.05, 0) is 78.9 Å². The van der Waals surface area contributed by atoms with Crippen molar-refractivity contribution in [3.8, 4) is 23.0 Å². The number of carbonyl (C=O) groups excluding carboxylic acids is 1. The number of aromatic nitrogens is 2. The first-order valence-corrected chi connectivity index (χ1v) is 12.4. The van der Waals surface area contributed by atoms with Gasteiger partial charge < -0.3 is 24.7 Å². The summed E-state index contributed by atoms with van der Waals surface area (Å²) in [6.07, 6.45) is -5.31. The molecule has 1 fully saturated rings. The molecule has 2 aromatic heterocycles. The SMILES string of the molecule is O=C1N(c2ccc(Oc3ccnc4[nH]ccc34)cc2)C(O)C(O)N1c1ccc(Oc2ccc(F)cc2)c(C(F)(F)F)c1. The molecule has 42 heavy (non-hydrogen) atoms. The normalized spacial score (nSPS) is 17.2. The Balaban J connectivity index is 1.26. The molecular formula is C29H20F4N4O5. The summed E-state index contributed by atoms with van der Waals surface area (Å²) in [4.78, 5) is 22.0. The monoisotopic (exact) mass is 580 g/mol. The smallest absolute Gasteiger partial charge is 0.420 e. The molecule has 0 saturated carbocycles. The molecular weight excluding hydrogens is 560 g/mol. The van der Waals surface area contributed by atoms with Crippen LogP contribution in [0.4, 0.5) is 33.7 Å². The number of anilines is 2. The van der Waals surface area contributed by atoms with Crippen LogP contribution in [0.1, 0.15) is 5.56 Å². The molecule has 2 amide bonds. The molecule has 9 nitrogen and oxygen atoms in total. The molecule has 1 saturated heterocycles. The summed E-state index contributed by atoms with van der Waals surface area (Å²) < 4.78 is 66.4. The van der Waals surface area contributed by atoms with Crippen LogP contribution in [0, 0.1) is 5.82 Å². The van der Waals surface area contributed by atoms with Crippen molar-refractivity contribution in [1.82, 2.24) is 9.97 Å². The van der Waals surface area contributed by atoms with Crippen LogP contribution in [0.3, 0.4) is 0 Å². The largest absolute Gasteiger partial charge is 0.457 e. The maximum atomic E-state index is 14.0. The molecule has 2 atom stereocenters. The Labute approximate surface area is 234 Å². The minimum Gasteiger partial charge on any atom is -0.457 e. The van der Waals surface area contributed by atoms with E-state index in [1.165, 1.54) is 36.4 Å². The Morgan fingerprint density at radius 2 is 1.38 bits per heavy atom. The molecule has 3 N–H and O–H groups in total. The number of amides is 2. The van der Waals surface area contributed by atoms with Gasteiger partial charge in [0.15, 0.2) is 12.5 Å². The molecule has 5 aromatic rings. The third-order valence-corrected chi connectivity index (χ3v) is 6.56. The van der Waals surface area contributed by atoms with Gasteiger partial charge in [0.1, 0.15) is 40.0 Å². The Bertz CT molecular complexity index is 1760. The standard InChI is InChI=1S/C29H20F4N4O5/c30-16-1-6-19(7-2-16)42-24-10-5-18(15-22(24)29(31,32)33)37-27(39)26(38)36(28(37)40)17-3-8-20(9-4-17)41-23-12-14-35-25-21(23)11-13-34-25/h1-15,26-27,38-39H,(H,34,35). The highest BCUT2D eigenvalue weighted by Crippen LogP contribution is 2.42. The van der Waals surface area contributed by atoms with Gasteiger partial charge in [-0.15, -0.1) is 0 Å². The lowest BCUT2D eigenvalue weighted by Gasteiger charge is -2.22. The number of aromatic amines is 1. The molecule has 214 valence electrons. The fourth-order valence-electron chi connectivity index (χ4n) is 4.57. The number of urea groups is 1. The fraction of sp³-hybridized carbons (Fsp3) is 0.103. The zero-order valence-electron chi connectivity index (χ0n) is 21.3. The Kier molecular flexibility index (Phi) is 6.67. The third kappa shape index (κ3) is 4.95. The van der Waals surface area contributed by atoms with Gasteiger partial charge in [-0.3, -0.25) is 9.80 Å². The van der Waals surface area contributed by atoms with Crippen molar-refractivity contribution in [3.63, 3.8) is 0 Å². The van der Waals surface area contributed by atoms with E-state index < -0.39 is 41.8 Å². The number of aliphatic hydroxyl groups is 2. The minimum atomic E-state index is -4.91. The molecule has 0 radical (unpaired) electrons. The van der Waals surface area contributed by atoms with E-state index in [0.29, 0.717) is 28.1 Å². The summed E-state index contributed by atoms with van der Waals surface area (Å²) in [5.41, 5.74) is -0.782. The summed E-state index contributed by atoms with van der Waals surface area (Å²) in [5, 5.41) is 22.2. The molecule has 0 spiro atoms. The number of halogens is 4. The quantitative estimate of drug-likeness (QED) is 0.201. The molecule has 2 unspecified atom stereocenters. The van der Waals surface area contributed by atoms with Crippen LogP contribution in [0.2, 0.25) is 0 Å². The van der Waals surface area contributed by atoms with E-state index >= 15 is 0 Å². The summed E-state index contributed by atoms with van der Waals surface area (Å²) in [6, 6.07) is 15.6. The average molecular weight is 580 g/mol. The van der Waals surface area contributed by atoms with Crippen molar-refractivity contribution in [2.24, 2.45) is 0 Å². The van der Waals surface area contributed by atoms with Gasteiger partial charge in [-0.2, -0.15) is 13.2 Å². The van der Waals surface area contributed by atoms with Gasteiger partial charge in [0.2, 0.25) is 0 Å². The summed E-state index contributed by atoms with van der Waals surface area (Å²) in [5.74, 6) is -0.300. The van der Waals surface area contributed by atoms with E-state index in [9.17, 15) is 32.6 Å². The van der Waals surface area contributed by atoms with Gasteiger partial charge in [0, 0.05) is 23.8 Å². The van der Waals surface area contributed by atoms with Crippen LogP contribution in [0.5, 0.6) is 23.0 Å². The lowest BCUT2D eigenvalue weighted by molar-refractivity contribution is -0.138. The number of nitrogens with one attached hydrogen (secondary N) is 1. The average Bonchev–Trinajstić information content (AvgIpc) is 3.53. The van der Waals surface area contributed by atoms with Crippen molar-refractivity contribution in [2.75, 3.05) is 9.80 Å². The summed E-state index contributed by atoms with van der Waals surface area (Å²) in [7, 11) is 0. The van der Waals surface area contributed by atoms with Gasteiger partial charge in [0.25, 0.3) is 0 Å². The number of carbonyl (C=O) groups is 1. The number of benzene rings is 3. The minimum absolute atomic E-state index is 0.0394. The molecule has 3 heterocycles. The summed E-state index contributed by atoms with van der Waals surface area (Å²) >= 11 is 0. The first-order chi connectivity index (χ1) is 20.1. The van der Waals surface area contributed by atoms with Gasteiger partial charge in [-0.25, -0.2) is 14.2 Å². The van der Waals surface area contributed by atoms with Crippen LogP contribution in [-0.4, -0.2) is 38.7 Å². The maximum absolute atomic E-state index is 14.0. The van der Waals surface area contributed by atoms with Crippen molar-refractivity contribution < 1.29 is 42.0 Å². The number of nitrogens with zero attached hydrogens (tertiary/aromatic N) is 3. The lowest BCUT2D eigenvalue weighted by Crippen LogP contribution is -2.37. The van der Waals surface area contributed by atoms with E-state index in [0.717, 1.165) is 34.6 Å². The number of alkyl halides is 3. The van der Waals surface area contributed by atoms with Crippen LogP contribution < -0.4 is 19.3 Å². The first-order valence-electron chi connectivity index (χ1n) is 12.4. The number of hydrogen-bond acceptors (Lipinski definition) is 6. The van der Waals surface area contributed by atoms with Crippen molar-refractivity contribution in [3.05, 3.63) is 103 Å². The zero-order chi connectivity index (χ0) is 29.6. The summed E-state index contributed by atoms with van der Waals surface area (Å²) in [6.45, 7) is 0. The van der Waals surface area contributed by atoms with E-state index in [4.69, 9.17) is 9.47 Å². The van der Waals surface area contributed by atoms with Gasteiger partial charge >= 0.3 is 12.2 Å². The van der Waals surface area contributed by atoms with Crippen molar-refractivity contribution in [2.45, 2.75) is 18.6 Å². The highest BCUT2D eigenvalue weighted by molar-refractivity contribution is 6.07. The van der Waals surface area contributed by atoms with E-state index in [1.54, 1.807) is 24.5 Å². The second-order valence-electron chi connectivity index (χ2n) is 9.23. The predicted octanol–water partition coefficient (Wildman–Crippen LogP) is 6.39. The number of hydrogen-bond donors (Lipinski definition) is 3. The van der Waals surface area contributed by atoms with E-state index in [2.05, 4.69) is 9.97 Å². The Morgan fingerprint density at radius 1 is 0.786 bits per heavy atom. The van der Waals surface area contributed by atoms with Crippen molar-refractivity contribution in [1.29, 1.82) is 0 Å². The van der Waals surface area contributed by atoms with Crippen LogP contribution >= 0.6 is 0 Å². The molecule has 6 rings (SSSR count). The molecule has 13 heteroatoms. The van der Waals surface area contributed by atoms with Gasteiger partial charge in [-0.1, -0.05) is 0 Å². The molecule has 3 aromatic carbocycles. The second-order valence-corrected chi connectivity index (χ2v) is 9.23. The zero-order valence-corrected chi connectivity index (χ0v) is 21.3. The fourth-order valence-corrected chi connectivity index (χ4v) is 4.57. The Hall–Kier alpha value is -5.14. The number of H-pyrrole nitrogens is 1.